The Kier molecular flexibility index (Phi) is 7.41. The number of carbonyl (C=O) groups is 2. The normalized spacial score (nSPS) is 22.4. The summed E-state index contributed by atoms with van der Waals surface area (Å²) in [7, 11) is 0. The van der Waals surface area contributed by atoms with E-state index in [0.29, 0.717) is 37.5 Å². The van der Waals surface area contributed by atoms with Crippen molar-refractivity contribution in [2.75, 3.05) is 13.2 Å². The summed E-state index contributed by atoms with van der Waals surface area (Å²) in [5.74, 6) is 1.18. The van der Waals surface area contributed by atoms with E-state index in [4.69, 9.17) is 4.74 Å². The zero-order chi connectivity index (χ0) is 15.0. The lowest BCUT2D eigenvalue weighted by Gasteiger charge is -2.34. The number of hydrogen-bond acceptors (Lipinski definition) is 3. The molecule has 0 saturated heterocycles. The first kappa shape index (κ1) is 16.8. The number of amides is 2. The minimum absolute atomic E-state index is 0.0133. The van der Waals surface area contributed by atoms with Crippen molar-refractivity contribution in [1.82, 2.24) is 10.6 Å². The van der Waals surface area contributed by atoms with Crippen LogP contribution in [0.25, 0.3) is 0 Å². The second-order valence-electron chi connectivity index (χ2n) is 5.76. The Hall–Kier alpha value is -1.26. The van der Waals surface area contributed by atoms with Crippen LogP contribution in [0, 0.1) is 11.8 Å². The monoisotopic (exact) mass is 284 g/mol. The smallest absolute Gasteiger partial charge is 0.407 e. The zero-order valence-corrected chi connectivity index (χ0v) is 12.9. The number of carbonyl (C=O) groups excluding carboxylic acids is 2. The SMILES string of the molecule is CCOC(=O)NCCC(=O)N[C@@H]1CCCC[C@H]1C(C)C. The Morgan fingerprint density at radius 1 is 1.25 bits per heavy atom. The van der Waals surface area contributed by atoms with Crippen molar-refractivity contribution in [1.29, 1.82) is 0 Å². The second kappa shape index (κ2) is 8.82. The van der Waals surface area contributed by atoms with E-state index in [1.54, 1.807) is 6.92 Å². The summed E-state index contributed by atoms with van der Waals surface area (Å²) < 4.78 is 4.74. The first-order chi connectivity index (χ1) is 9.54. The summed E-state index contributed by atoms with van der Waals surface area (Å²) >= 11 is 0. The first-order valence-electron chi connectivity index (χ1n) is 7.74. The number of alkyl carbamates (subject to hydrolysis) is 1. The molecular weight excluding hydrogens is 256 g/mol. The third-order valence-electron chi connectivity index (χ3n) is 3.92. The third kappa shape index (κ3) is 5.80. The summed E-state index contributed by atoms with van der Waals surface area (Å²) in [5, 5.41) is 5.69. The molecule has 0 aromatic carbocycles. The fourth-order valence-electron chi connectivity index (χ4n) is 2.88. The maximum Gasteiger partial charge on any atom is 0.407 e. The lowest BCUT2D eigenvalue weighted by molar-refractivity contribution is -0.122. The maximum absolute atomic E-state index is 11.9. The van der Waals surface area contributed by atoms with Crippen molar-refractivity contribution in [3.05, 3.63) is 0 Å². The van der Waals surface area contributed by atoms with Crippen LogP contribution in [0.3, 0.4) is 0 Å². The molecule has 1 fully saturated rings. The van der Waals surface area contributed by atoms with Crippen LogP contribution in [0.1, 0.15) is 52.9 Å². The predicted octanol–water partition coefficient (Wildman–Crippen LogP) is 2.45. The number of nitrogens with one attached hydrogen (secondary N) is 2. The molecule has 1 rings (SSSR count). The van der Waals surface area contributed by atoms with Gasteiger partial charge in [0.25, 0.3) is 0 Å². The largest absolute Gasteiger partial charge is 0.450 e. The van der Waals surface area contributed by atoms with E-state index < -0.39 is 6.09 Å². The van der Waals surface area contributed by atoms with Crippen LogP contribution in [0.4, 0.5) is 4.79 Å². The Balaban J connectivity index is 2.28. The highest BCUT2D eigenvalue weighted by Gasteiger charge is 2.28. The van der Waals surface area contributed by atoms with Crippen LogP contribution in [-0.2, 0) is 9.53 Å². The molecule has 0 unspecified atom stereocenters. The number of ether oxygens (including phenoxy) is 1. The Morgan fingerprint density at radius 2 is 1.95 bits per heavy atom. The molecular formula is C15H28N2O3. The highest BCUT2D eigenvalue weighted by atomic mass is 16.5. The van der Waals surface area contributed by atoms with Gasteiger partial charge >= 0.3 is 6.09 Å². The van der Waals surface area contributed by atoms with E-state index >= 15 is 0 Å². The fraction of sp³-hybridized carbons (Fsp3) is 0.867. The zero-order valence-electron chi connectivity index (χ0n) is 12.9. The molecule has 5 heteroatoms. The van der Waals surface area contributed by atoms with Gasteiger partial charge in [0.1, 0.15) is 0 Å². The summed E-state index contributed by atoms with van der Waals surface area (Å²) in [5.41, 5.74) is 0. The van der Waals surface area contributed by atoms with Gasteiger partial charge in [-0.15, -0.1) is 0 Å². The predicted molar refractivity (Wildman–Crippen MR) is 78.4 cm³/mol. The quantitative estimate of drug-likeness (QED) is 0.787. The molecule has 1 aliphatic rings. The van der Waals surface area contributed by atoms with Crippen LogP contribution >= 0.6 is 0 Å². The summed E-state index contributed by atoms with van der Waals surface area (Å²) in [6.07, 6.45) is 4.57. The molecule has 2 amide bonds. The Morgan fingerprint density at radius 3 is 2.60 bits per heavy atom. The van der Waals surface area contributed by atoms with Gasteiger partial charge in [-0.2, -0.15) is 0 Å². The van der Waals surface area contributed by atoms with E-state index in [1.165, 1.54) is 19.3 Å². The van der Waals surface area contributed by atoms with Gasteiger partial charge in [0, 0.05) is 19.0 Å². The second-order valence-corrected chi connectivity index (χ2v) is 5.76. The van der Waals surface area contributed by atoms with Gasteiger partial charge in [0.05, 0.1) is 6.61 Å². The van der Waals surface area contributed by atoms with Crippen molar-refractivity contribution in [2.24, 2.45) is 11.8 Å². The molecule has 116 valence electrons. The minimum atomic E-state index is -0.460. The minimum Gasteiger partial charge on any atom is -0.450 e. The molecule has 0 aromatic rings. The van der Waals surface area contributed by atoms with Crippen molar-refractivity contribution < 1.29 is 14.3 Å². The van der Waals surface area contributed by atoms with E-state index in [2.05, 4.69) is 24.5 Å². The molecule has 2 N–H and O–H groups in total. The van der Waals surface area contributed by atoms with Gasteiger partial charge in [-0.05, 0) is 31.6 Å². The molecule has 0 aromatic heterocycles. The van der Waals surface area contributed by atoms with Crippen LogP contribution in [-0.4, -0.2) is 31.2 Å². The number of hydrogen-bond donors (Lipinski definition) is 2. The summed E-state index contributed by atoms with van der Waals surface area (Å²) in [6, 6.07) is 0.291. The number of rotatable bonds is 6. The van der Waals surface area contributed by atoms with Crippen molar-refractivity contribution in [2.45, 2.75) is 58.9 Å². The fourth-order valence-corrected chi connectivity index (χ4v) is 2.88. The average Bonchev–Trinajstić information content (AvgIpc) is 2.39. The van der Waals surface area contributed by atoms with E-state index in [0.717, 1.165) is 6.42 Å². The average molecular weight is 284 g/mol. The van der Waals surface area contributed by atoms with Gasteiger partial charge in [-0.3, -0.25) is 4.79 Å². The molecule has 0 aliphatic heterocycles. The van der Waals surface area contributed by atoms with Gasteiger partial charge in [0.15, 0.2) is 0 Å². The first-order valence-corrected chi connectivity index (χ1v) is 7.74. The molecule has 20 heavy (non-hydrogen) atoms. The molecule has 0 heterocycles. The topological polar surface area (TPSA) is 67.4 Å². The van der Waals surface area contributed by atoms with Gasteiger partial charge in [-0.25, -0.2) is 4.79 Å². The Bertz CT molecular complexity index is 318. The summed E-state index contributed by atoms with van der Waals surface area (Å²) in [6.45, 7) is 6.86. The molecule has 1 aliphatic carbocycles. The van der Waals surface area contributed by atoms with Crippen LogP contribution < -0.4 is 10.6 Å². The molecule has 0 spiro atoms. The molecule has 2 atom stereocenters. The lowest BCUT2D eigenvalue weighted by Crippen LogP contribution is -2.44. The highest BCUT2D eigenvalue weighted by molar-refractivity contribution is 5.77. The van der Waals surface area contributed by atoms with E-state index in [1.807, 2.05) is 0 Å². The Labute approximate surface area is 121 Å². The standard InChI is InChI=1S/C15H28N2O3/c1-4-20-15(19)16-10-9-14(18)17-13-8-6-5-7-12(13)11(2)3/h11-13H,4-10H2,1-3H3,(H,16,19)(H,17,18)/t12-,13+/m0/s1. The van der Waals surface area contributed by atoms with E-state index in [9.17, 15) is 9.59 Å². The van der Waals surface area contributed by atoms with Gasteiger partial charge in [-0.1, -0.05) is 26.7 Å². The lowest BCUT2D eigenvalue weighted by atomic mass is 9.78. The molecule has 0 bridgehead atoms. The van der Waals surface area contributed by atoms with Gasteiger partial charge in [0.2, 0.25) is 5.91 Å². The maximum atomic E-state index is 11.9. The third-order valence-corrected chi connectivity index (χ3v) is 3.92. The van der Waals surface area contributed by atoms with Crippen LogP contribution in [0.15, 0.2) is 0 Å². The molecule has 1 saturated carbocycles. The van der Waals surface area contributed by atoms with Crippen LogP contribution in [0.2, 0.25) is 0 Å². The molecule has 0 radical (unpaired) electrons. The highest BCUT2D eigenvalue weighted by Crippen LogP contribution is 2.30. The van der Waals surface area contributed by atoms with E-state index in [-0.39, 0.29) is 5.91 Å². The summed E-state index contributed by atoms with van der Waals surface area (Å²) in [4.78, 5) is 23.0. The van der Waals surface area contributed by atoms with Crippen molar-refractivity contribution in [3.63, 3.8) is 0 Å². The molecule has 5 nitrogen and oxygen atoms in total. The van der Waals surface area contributed by atoms with Crippen LogP contribution in [0.5, 0.6) is 0 Å². The van der Waals surface area contributed by atoms with Gasteiger partial charge < -0.3 is 15.4 Å². The van der Waals surface area contributed by atoms with Crippen molar-refractivity contribution in [3.8, 4) is 0 Å². The van der Waals surface area contributed by atoms with Crippen molar-refractivity contribution >= 4 is 12.0 Å².